The number of carbonyl (C=O) groups is 1. The molecule has 0 aliphatic rings. The molecular formula is C11H13ClOS. The topological polar surface area (TPSA) is 17.1 Å². The molecule has 1 aromatic rings. The van der Waals surface area contributed by atoms with Crippen molar-refractivity contribution >= 4 is 29.6 Å². The Morgan fingerprint density at radius 3 is 2.43 bits per heavy atom. The molecule has 0 spiro atoms. The highest BCUT2D eigenvalue weighted by atomic mass is 35.5. The van der Waals surface area contributed by atoms with E-state index in [0.717, 1.165) is 11.2 Å². The van der Waals surface area contributed by atoms with Crippen LogP contribution in [0.25, 0.3) is 0 Å². The molecule has 0 aromatic heterocycles. The lowest BCUT2D eigenvalue weighted by molar-refractivity contribution is 0.112. The molecule has 0 unspecified atom stereocenters. The van der Waals surface area contributed by atoms with E-state index in [1.807, 2.05) is 12.1 Å². The quantitative estimate of drug-likeness (QED) is 0.561. The van der Waals surface area contributed by atoms with Crippen LogP contribution in [-0.2, 0) is 0 Å². The number of aldehydes is 1. The van der Waals surface area contributed by atoms with E-state index in [2.05, 4.69) is 20.8 Å². The first-order chi connectivity index (χ1) is 6.42. The predicted molar refractivity (Wildman–Crippen MR) is 62.4 cm³/mol. The van der Waals surface area contributed by atoms with Gasteiger partial charge in [-0.15, -0.1) is 11.8 Å². The number of halogens is 1. The van der Waals surface area contributed by atoms with Crippen LogP contribution in [0.1, 0.15) is 31.1 Å². The normalized spacial score (nSPS) is 11.4. The summed E-state index contributed by atoms with van der Waals surface area (Å²) in [7, 11) is 0. The third-order valence-electron chi connectivity index (χ3n) is 1.52. The van der Waals surface area contributed by atoms with Gasteiger partial charge in [0.1, 0.15) is 0 Å². The molecule has 0 N–H and O–H groups in total. The summed E-state index contributed by atoms with van der Waals surface area (Å²) in [5.74, 6) is 0. The lowest BCUT2D eigenvalue weighted by Crippen LogP contribution is -2.06. The lowest BCUT2D eigenvalue weighted by Gasteiger charge is -2.17. The van der Waals surface area contributed by atoms with E-state index in [4.69, 9.17) is 11.6 Å². The van der Waals surface area contributed by atoms with Crippen molar-refractivity contribution < 1.29 is 4.79 Å². The minimum Gasteiger partial charge on any atom is -0.298 e. The summed E-state index contributed by atoms with van der Waals surface area (Å²) >= 11 is 7.65. The van der Waals surface area contributed by atoms with Gasteiger partial charge in [-0.05, 0) is 18.2 Å². The van der Waals surface area contributed by atoms with Crippen molar-refractivity contribution in [1.29, 1.82) is 0 Å². The Morgan fingerprint density at radius 1 is 1.36 bits per heavy atom. The summed E-state index contributed by atoms with van der Waals surface area (Å²) in [5.41, 5.74) is 0.546. The van der Waals surface area contributed by atoms with Gasteiger partial charge in [0, 0.05) is 15.2 Å². The maximum absolute atomic E-state index is 10.5. The molecule has 0 saturated heterocycles. The molecule has 1 rings (SSSR count). The molecule has 14 heavy (non-hydrogen) atoms. The average molecular weight is 229 g/mol. The summed E-state index contributed by atoms with van der Waals surface area (Å²) in [4.78, 5) is 11.6. The fraction of sp³-hybridized carbons (Fsp3) is 0.364. The number of rotatable bonds is 2. The van der Waals surface area contributed by atoms with Crippen LogP contribution in [0.15, 0.2) is 23.1 Å². The van der Waals surface area contributed by atoms with Gasteiger partial charge in [0.2, 0.25) is 0 Å². The van der Waals surface area contributed by atoms with Crippen molar-refractivity contribution in [3.8, 4) is 0 Å². The molecule has 0 aliphatic heterocycles. The zero-order valence-corrected chi connectivity index (χ0v) is 10.1. The molecule has 0 fully saturated rings. The minimum atomic E-state index is 0.159. The maximum Gasteiger partial charge on any atom is 0.151 e. The van der Waals surface area contributed by atoms with Crippen molar-refractivity contribution in [2.75, 3.05) is 0 Å². The number of hydrogen-bond acceptors (Lipinski definition) is 2. The standard InChI is InChI=1S/C11H13ClOS/c1-11(2,3)14-9-5-4-8(7-13)10(12)6-9/h4-7H,1-3H3. The van der Waals surface area contributed by atoms with E-state index in [0.29, 0.717) is 10.6 Å². The molecule has 0 aliphatic carbocycles. The first-order valence-electron chi connectivity index (χ1n) is 4.36. The largest absolute Gasteiger partial charge is 0.298 e. The smallest absolute Gasteiger partial charge is 0.151 e. The first kappa shape index (κ1) is 11.6. The SMILES string of the molecule is CC(C)(C)Sc1ccc(C=O)c(Cl)c1. The maximum atomic E-state index is 10.5. The van der Waals surface area contributed by atoms with Gasteiger partial charge in [-0.2, -0.15) is 0 Å². The molecule has 3 heteroatoms. The van der Waals surface area contributed by atoms with Crippen LogP contribution < -0.4 is 0 Å². The Bertz CT molecular complexity index is 342. The fourth-order valence-corrected chi connectivity index (χ4v) is 2.33. The second kappa shape index (κ2) is 4.37. The summed E-state index contributed by atoms with van der Waals surface area (Å²) in [5, 5.41) is 0.522. The molecule has 1 aromatic carbocycles. The van der Waals surface area contributed by atoms with Crippen LogP contribution >= 0.6 is 23.4 Å². The van der Waals surface area contributed by atoms with Crippen molar-refractivity contribution in [1.82, 2.24) is 0 Å². The van der Waals surface area contributed by atoms with Crippen LogP contribution in [0.2, 0.25) is 5.02 Å². The number of benzene rings is 1. The van der Waals surface area contributed by atoms with Crippen molar-refractivity contribution in [3.05, 3.63) is 28.8 Å². The molecule has 0 amide bonds. The Kier molecular flexibility index (Phi) is 3.62. The Morgan fingerprint density at radius 2 is 2.00 bits per heavy atom. The summed E-state index contributed by atoms with van der Waals surface area (Å²) in [6, 6.07) is 5.51. The van der Waals surface area contributed by atoms with Crippen molar-refractivity contribution in [2.45, 2.75) is 30.4 Å². The number of thioether (sulfide) groups is 1. The van der Waals surface area contributed by atoms with E-state index in [-0.39, 0.29) is 4.75 Å². The molecule has 1 nitrogen and oxygen atoms in total. The molecule has 76 valence electrons. The molecule has 0 saturated carbocycles. The summed E-state index contributed by atoms with van der Waals surface area (Å²) in [6.07, 6.45) is 0.772. The van der Waals surface area contributed by atoms with Crippen LogP contribution in [0, 0.1) is 0 Å². The highest BCUT2D eigenvalue weighted by Crippen LogP contribution is 2.33. The molecule has 0 atom stereocenters. The van der Waals surface area contributed by atoms with Crippen LogP contribution in [-0.4, -0.2) is 11.0 Å². The lowest BCUT2D eigenvalue weighted by atomic mass is 10.2. The van der Waals surface area contributed by atoms with Crippen LogP contribution in [0.5, 0.6) is 0 Å². The minimum absolute atomic E-state index is 0.159. The summed E-state index contributed by atoms with van der Waals surface area (Å²) < 4.78 is 0.159. The van der Waals surface area contributed by atoms with Gasteiger partial charge < -0.3 is 0 Å². The van der Waals surface area contributed by atoms with E-state index < -0.39 is 0 Å². The van der Waals surface area contributed by atoms with Gasteiger partial charge in [0.25, 0.3) is 0 Å². The Balaban J connectivity index is 2.92. The van der Waals surface area contributed by atoms with Gasteiger partial charge in [-0.3, -0.25) is 4.79 Å². The van der Waals surface area contributed by atoms with Gasteiger partial charge >= 0.3 is 0 Å². The average Bonchev–Trinajstić information content (AvgIpc) is 2.01. The molecule has 0 radical (unpaired) electrons. The number of carbonyl (C=O) groups excluding carboxylic acids is 1. The second-order valence-corrected chi connectivity index (χ2v) is 6.32. The van der Waals surface area contributed by atoms with E-state index >= 15 is 0 Å². The van der Waals surface area contributed by atoms with Crippen LogP contribution in [0.4, 0.5) is 0 Å². The van der Waals surface area contributed by atoms with E-state index in [1.54, 1.807) is 17.8 Å². The van der Waals surface area contributed by atoms with Gasteiger partial charge in [-0.1, -0.05) is 32.4 Å². The highest BCUT2D eigenvalue weighted by molar-refractivity contribution is 8.00. The van der Waals surface area contributed by atoms with E-state index in [9.17, 15) is 4.79 Å². The fourth-order valence-electron chi connectivity index (χ4n) is 1.02. The monoisotopic (exact) mass is 228 g/mol. The van der Waals surface area contributed by atoms with E-state index in [1.165, 1.54) is 0 Å². The first-order valence-corrected chi connectivity index (χ1v) is 5.55. The Labute approximate surface area is 93.8 Å². The third kappa shape index (κ3) is 3.35. The zero-order valence-electron chi connectivity index (χ0n) is 8.50. The Hall–Kier alpha value is -0.470. The highest BCUT2D eigenvalue weighted by Gasteiger charge is 2.12. The number of hydrogen-bond donors (Lipinski definition) is 0. The summed E-state index contributed by atoms with van der Waals surface area (Å²) in [6.45, 7) is 6.41. The molecule has 0 bridgehead atoms. The van der Waals surface area contributed by atoms with Gasteiger partial charge in [-0.25, -0.2) is 0 Å². The van der Waals surface area contributed by atoms with Gasteiger partial charge in [0.15, 0.2) is 6.29 Å². The van der Waals surface area contributed by atoms with Crippen LogP contribution in [0.3, 0.4) is 0 Å². The molecular weight excluding hydrogens is 216 g/mol. The predicted octanol–water partition coefficient (Wildman–Crippen LogP) is 4.04. The van der Waals surface area contributed by atoms with Gasteiger partial charge in [0.05, 0.1) is 5.02 Å². The second-order valence-electron chi connectivity index (χ2n) is 4.02. The third-order valence-corrected chi connectivity index (χ3v) is 2.95. The molecule has 0 heterocycles. The van der Waals surface area contributed by atoms with Crippen molar-refractivity contribution in [2.24, 2.45) is 0 Å². The zero-order chi connectivity index (χ0) is 10.8. The van der Waals surface area contributed by atoms with Crippen molar-refractivity contribution in [3.63, 3.8) is 0 Å².